The summed E-state index contributed by atoms with van der Waals surface area (Å²) in [5.74, 6) is -0.0232. The summed E-state index contributed by atoms with van der Waals surface area (Å²) < 4.78 is 22.8. The molecular formula is C45H89NO6. The van der Waals surface area contributed by atoms with Crippen LogP contribution in [0.3, 0.4) is 0 Å². The van der Waals surface area contributed by atoms with Crippen LogP contribution in [0.1, 0.15) is 226 Å². The zero-order chi connectivity index (χ0) is 38.1. The first kappa shape index (κ1) is 50.8. The minimum Gasteiger partial charge on any atom is -0.466 e. The molecule has 0 saturated carbocycles. The molecule has 0 rings (SSSR count). The van der Waals surface area contributed by atoms with Gasteiger partial charge in [-0.2, -0.15) is 0 Å². The SMILES string of the molecule is CCCCCCCCCOC(=O)CCCCCCCCCCOCC(C)(COCCCCCCCCCCC(=O)OCCCCCCCCC)NC. The molecule has 0 spiro atoms. The Morgan fingerprint density at radius 3 is 0.981 bits per heavy atom. The largest absolute Gasteiger partial charge is 0.466 e. The highest BCUT2D eigenvalue weighted by atomic mass is 16.5. The van der Waals surface area contributed by atoms with E-state index in [0.29, 0.717) is 39.3 Å². The van der Waals surface area contributed by atoms with Crippen molar-refractivity contribution in [2.24, 2.45) is 0 Å². The van der Waals surface area contributed by atoms with Crippen LogP contribution in [0.2, 0.25) is 0 Å². The summed E-state index contributed by atoms with van der Waals surface area (Å²) >= 11 is 0. The fourth-order valence-corrected chi connectivity index (χ4v) is 6.48. The molecule has 7 heteroatoms. The van der Waals surface area contributed by atoms with Gasteiger partial charge in [0, 0.05) is 26.1 Å². The predicted octanol–water partition coefficient (Wildman–Crippen LogP) is 12.6. The molecule has 0 aromatic rings. The molecule has 1 N–H and O–H groups in total. The van der Waals surface area contributed by atoms with Gasteiger partial charge in [-0.1, -0.05) is 168 Å². The van der Waals surface area contributed by atoms with Gasteiger partial charge < -0.3 is 24.3 Å². The molecule has 0 atom stereocenters. The van der Waals surface area contributed by atoms with Gasteiger partial charge in [0.25, 0.3) is 0 Å². The van der Waals surface area contributed by atoms with Gasteiger partial charge >= 0.3 is 11.9 Å². The number of ether oxygens (including phenoxy) is 4. The molecule has 310 valence electrons. The average molecular weight is 740 g/mol. The van der Waals surface area contributed by atoms with Gasteiger partial charge in [0.2, 0.25) is 0 Å². The van der Waals surface area contributed by atoms with Crippen molar-refractivity contribution in [2.45, 2.75) is 232 Å². The fraction of sp³-hybridized carbons (Fsp3) is 0.956. The van der Waals surface area contributed by atoms with Gasteiger partial charge in [0.15, 0.2) is 0 Å². The Labute approximate surface area is 323 Å². The van der Waals surface area contributed by atoms with Crippen molar-refractivity contribution in [1.29, 1.82) is 0 Å². The van der Waals surface area contributed by atoms with Crippen molar-refractivity contribution < 1.29 is 28.5 Å². The van der Waals surface area contributed by atoms with E-state index in [-0.39, 0.29) is 17.5 Å². The second kappa shape index (κ2) is 41.0. The van der Waals surface area contributed by atoms with Crippen molar-refractivity contribution >= 4 is 11.9 Å². The van der Waals surface area contributed by atoms with Crippen LogP contribution in [-0.4, -0.2) is 64.2 Å². The first-order chi connectivity index (χ1) is 25.5. The lowest BCUT2D eigenvalue weighted by Gasteiger charge is -2.28. The molecule has 0 saturated heterocycles. The van der Waals surface area contributed by atoms with E-state index in [9.17, 15) is 9.59 Å². The molecule has 52 heavy (non-hydrogen) atoms. The van der Waals surface area contributed by atoms with Gasteiger partial charge in [-0.3, -0.25) is 9.59 Å². The molecule has 0 aliphatic heterocycles. The lowest BCUT2D eigenvalue weighted by atomic mass is 10.1. The van der Waals surface area contributed by atoms with Crippen LogP contribution >= 0.6 is 0 Å². The number of likely N-dealkylation sites (N-methyl/N-ethyl adjacent to an activating group) is 1. The number of rotatable bonds is 43. The van der Waals surface area contributed by atoms with Crippen molar-refractivity contribution in [1.82, 2.24) is 5.32 Å². The first-order valence-corrected chi connectivity index (χ1v) is 22.6. The van der Waals surface area contributed by atoms with Gasteiger partial charge in [0.05, 0.1) is 32.0 Å². The second-order valence-corrected chi connectivity index (χ2v) is 15.8. The third kappa shape index (κ3) is 38.5. The number of unbranched alkanes of at least 4 members (excludes halogenated alkanes) is 26. The van der Waals surface area contributed by atoms with Gasteiger partial charge in [-0.15, -0.1) is 0 Å². The minimum atomic E-state index is -0.152. The predicted molar refractivity (Wildman–Crippen MR) is 220 cm³/mol. The maximum absolute atomic E-state index is 11.9. The van der Waals surface area contributed by atoms with E-state index in [0.717, 1.165) is 64.6 Å². The molecule has 0 aliphatic carbocycles. The van der Waals surface area contributed by atoms with E-state index in [1.807, 2.05) is 7.05 Å². The summed E-state index contributed by atoms with van der Waals surface area (Å²) in [5.41, 5.74) is -0.152. The van der Waals surface area contributed by atoms with Crippen LogP contribution in [-0.2, 0) is 28.5 Å². The normalized spacial score (nSPS) is 11.7. The molecule has 0 aliphatic rings. The quantitative estimate of drug-likeness (QED) is 0.0492. The molecule has 0 aromatic carbocycles. The number of esters is 2. The Morgan fingerprint density at radius 2 is 0.673 bits per heavy atom. The van der Waals surface area contributed by atoms with Crippen molar-refractivity contribution in [3.63, 3.8) is 0 Å². The van der Waals surface area contributed by atoms with Gasteiger partial charge in [0.1, 0.15) is 0 Å². The number of hydrogen-bond donors (Lipinski definition) is 1. The van der Waals surface area contributed by atoms with E-state index in [4.69, 9.17) is 18.9 Å². The second-order valence-electron chi connectivity index (χ2n) is 15.8. The molecule has 0 amide bonds. The fourth-order valence-electron chi connectivity index (χ4n) is 6.48. The maximum atomic E-state index is 11.9. The number of nitrogens with one attached hydrogen (secondary N) is 1. The molecule has 7 nitrogen and oxygen atoms in total. The van der Waals surface area contributed by atoms with Crippen LogP contribution in [0.4, 0.5) is 0 Å². The summed E-state index contributed by atoms with van der Waals surface area (Å²) in [6.07, 6.45) is 37.4. The Morgan fingerprint density at radius 1 is 0.404 bits per heavy atom. The molecule has 0 heterocycles. The summed E-state index contributed by atoms with van der Waals surface area (Å²) in [6.45, 7) is 10.8. The van der Waals surface area contributed by atoms with Gasteiger partial charge in [-0.05, 0) is 52.5 Å². The van der Waals surface area contributed by atoms with Crippen LogP contribution in [0, 0.1) is 0 Å². The number of hydrogen-bond acceptors (Lipinski definition) is 7. The summed E-state index contributed by atoms with van der Waals surface area (Å²) in [7, 11) is 1.99. The standard InChI is InChI=1S/C45H89NO6/c1-5-7-9-11-19-27-33-39-51-43(47)35-29-23-17-13-15-21-25-31-37-49-41-45(3,46-4)42-50-38-32-26-22-16-14-18-24-30-36-44(48)52-40-34-28-20-12-10-8-6-2/h46H,5-42H2,1-4H3. The maximum Gasteiger partial charge on any atom is 0.305 e. The van der Waals surface area contributed by atoms with Crippen molar-refractivity contribution in [3.8, 4) is 0 Å². The lowest BCUT2D eigenvalue weighted by molar-refractivity contribution is -0.144. The van der Waals surface area contributed by atoms with Crippen molar-refractivity contribution in [2.75, 3.05) is 46.7 Å². The minimum absolute atomic E-state index is 0.0116. The van der Waals surface area contributed by atoms with Crippen LogP contribution < -0.4 is 5.32 Å². The van der Waals surface area contributed by atoms with Crippen LogP contribution in [0.15, 0.2) is 0 Å². The Bertz CT molecular complexity index is 691. The Balaban J connectivity index is 3.46. The lowest BCUT2D eigenvalue weighted by Crippen LogP contribution is -2.48. The van der Waals surface area contributed by atoms with Crippen LogP contribution in [0.25, 0.3) is 0 Å². The zero-order valence-corrected chi connectivity index (χ0v) is 35.3. The molecule has 0 fully saturated rings. The molecule has 0 unspecified atom stereocenters. The van der Waals surface area contributed by atoms with E-state index in [1.54, 1.807) is 0 Å². The third-order valence-corrected chi connectivity index (χ3v) is 10.3. The van der Waals surface area contributed by atoms with Gasteiger partial charge in [-0.25, -0.2) is 0 Å². The highest BCUT2D eigenvalue weighted by Crippen LogP contribution is 2.14. The summed E-state index contributed by atoms with van der Waals surface area (Å²) in [6, 6.07) is 0. The van der Waals surface area contributed by atoms with E-state index in [1.165, 1.54) is 141 Å². The van der Waals surface area contributed by atoms with Crippen molar-refractivity contribution in [3.05, 3.63) is 0 Å². The van der Waals surface area contributed by atoms with E-state index in [2.05, 4.69) is 26.1 Å². The third-order valence-electron chi connectivity index (χ3n) is 10.3. The Hall–Kier alpha value is -1.18. The molecule has 0 radical (unpaired) electrons. The van der Waals surface area contributed by atoms with Crippen LogP contribution in [0.5, 0.6) is 0 Å². The van der Waals surface area contributed by atoms with E-state index >= 15 is 0 Å². The molecular weight excluding hydrogens is 650 g/mol. The average Bonchev–Trinajstić information content (AvgIpc) is 3.14. The highest BCUT2D eigenvalue weighted by Gasteiger charge is 2.22. The molecule has 0 bridgehead atoms. The number of carbonyl (C=O) groups is 2. The smallest absolute Gasteiger partial charge is 0.305 e. The number of carbonyl (C=O) groups excluding carboxylic acids is 2. The molecule has 0 aromatic heterocycles. The first-order valence-electron chi connectivity index (χ1n) is 22.6. The topological polar surface area (TPSA) is 83.1 Å². The van der Waals surface area contributed by atoms with E-state index < -0.39 is 0 Å². The summed E-state index contributed by atoms with van der Waals surface area (Å²) in [4.78, 5) is 23.8. The highest BCUT2D eigenvalue weighted by molar-refractivity contribution is 5.69. The zero-order valence-electron chi connectivity index (χ0n) is 35.3. The monoisotopic (exact) mass is 740 g/mol. The Kier molecular flexibility index (Phi) is 40.1. The summed E-state index contributed by atoms with van der Waals surface area (Å²) in [5, 5.41) is 3.40.